The van der Waals surface area contributed by atoms with E-state index in [0.29, 0.717) is 12.2 Å². The van der Waals surface area contributed by atoms with Crippen LogP contribution in [0.1, 0.15) is 10.5 Å². The Hall–Kier alpha value is -1.08. The topological polar surface area (TPSA) is 42.4 Å². The molecule has 7 heteroatoms. The van der Waals surface area contributed by atoms with Crippen LogP contribution in [-0.4, -0.2) is 48.0 Å². The Balaban J connectivity index is 2.02. The van der Waals surface area contributed by atoms with Gasteiger partial charge >= 0.3 is 0 Å². The number of hydrogen-bond donors (Lipinski definition) is 0. The van der Waals surface area contributed by atoms with Crippen LogP contribution in [0.3, 0.4) is 0 Å². The Morgan fingerprint density at radius 3 is 3.12 bits per heavy atom. The van der Waals surface area contributed by atoms with Crippen LogP contribution in [0.15, 0.2) is 10.9 Å². The van der Waals surface area contributed by atoms with Crippen molar-refractivity contribution in [3.05, 3.63) is 16.6 Å². The van der Waals surface area contributed by atoms with E-state index in [0.717, 1.165) is 0 Å². The zero-order valence-electron chi connectivity index (χ0n) is 8.31. The smallest absolute Gasteiger partial charge is 0.273 e. The molecule has 2 rings (SSSR count). The summed E-state index contributed by atoms with van der Waals surface area (Å²) in [7, 11) is 0. The van der Waals surface area contributed by atoms with E-state index in [1.807, 2.05) is 0 Å². The number of rotatable bonds is 2. The summed E-state index contributed by atoms with van der Waals surface area (Å²) in [5, 5.41) is 1.61. The van der Waals surface area contributed by atoms with E-state index in [-0.39, 0.29) is 19.1 Å². The van der Waals surface area contributed by atoms with Crippen LogP contribution >= 0.6 is 11.3 Å². The number of amides is 1. The normalized spacial score (nSPS) is 21.4. The molecule has 1 aliphatic heterocycles. The lowest BCUT2D eigenvalue weighted by Gasteiger charge is -2.32. The zero-order valence-corrected chi connectivity index (χ0v) is 9.12. The quantitative estimate of drug-likeness (QED) is 0.791. The number of aromatic nitrogens is 1. The average molecular weight is 248 g/mol. The molecular formula is C9H10F2N2O2S. The summed E-state index contributed by atoms with van der Waals surface area (Å²) in [4.78, 5) is 17.0. The van der Waals surface area contributed by atoms with Crippen molar-refractivity contribution in [3.8, 4) is 0 Å². The van der Waals surface area contributed by atoms with E-state index in [9.17, 15) is 13.6 Å². The summed E-state index contributed by atoms with van der Waals surface area (Å²) < 4.78 is 29.7. The van der Waals surface area contributed by atoms with Crippen molar-refractivity contribution < 1.29 is 18.3 Å². The fraction of sp³-hybridized carbons (Fsp3) is 0.556. The third kappa shape index (κ3) is 2.35. The summed E-state index contributed by atoms with van der Waals surface area (Å²) in [6.45, 7) is 0.401. The van der Waals surface area contributed by atoms with Gasteiger partial charge in [-0.1, -0.05) is 0 Å². The molecule has 1 saturated heterocycles. The molecule has 1 amide bonds. The molecule has 4 nitrogen and oxygen atoms in total. The van der Waals surface area contributed by atoms with E-state index >= 15 is 0 Å². The second-order valence-corrected chi connectivity index (χ2v) is 4.09. The van der Waals surface area contributed by atoms with Crippen LogP contribution in [0.25, 0.3) is 0 Å². The predicted octanol–water partition coefficient (Wildman–Crippen LogP) is 1.25. The number of halogens is 2. The molecule has 2 heterocycles. The molecule has 1 aromatic heterocycles. The number of ether oxygens (including phenoxy) is 1. The minimum atomic E-state index is -2.56. The predicted molar refractivity (Wildman–Crippen MR) is 53.8 cm³/mol. The molecule has 88 valence electrons. The van der Waals surface area contributed by atoms with Crippen molar-refractivity contribution in [2.24, 2.45) is 0 Å². The maximum absolute atomic E-state index is 12.4. The highest BCUT2D eigenvalue weighted by atomic mass is 32.1. The first-order valence-electron chi connectivity index (χ1n) is 4.75. The molecule has 0 saturated carbocycles. The van der Waals surface area contributed by atoms with Gasteiger partial charge in [-0.3, -0.25) is 4.79 Å². The lowest BCUT2D eigenvalue weighted by molar-refractivity contribution is -0.0943. The molecule has 0 aromatic carbocycles. The van der Waals surface area contributed by atoms with E-state index in [1.165, 1.54) is 21.7 Å². The second-order valence-electron chi connectivity index (χ2n) is 3.37. The molecule has 0 aliphatic carbocycles. The first kappa shape index (κ1) is 11.4. The molecule has 1 aromatic rings. The second kappa shape index (κ2) is 4.84. The van der Waals surface area contributed by atoms with Gasteiger partial charge < -0.3 is 9.64 Å². The number of carbonyl (C=O) groups is 1. The average Bonchev–Trinajstić information content (AvgIpc) is 2.81. The van der Waals surface area contributed by atoms with Gasteiger partial charge in [-0.2, -0.15) is 0 Å². The van der Waals surface area contributed by atoms with Crippen LogP contribution in [-0.2, 0) is 4.74 Å². The van der Waals surface area contributed by atoms with E-state index in [2.05, 4.69) is 4.98 Å². The zero-order chi connectivity index (χ0) is 11.5. The van der Waals surface area contributed by atoms with Gasteiger partial charge in [0.25, 0.3) is 12.3 Å². The number of hydrogen-bond acceptors (Lipinski definition) is 4. The Labute approximate surface area is 94.8 Å². The first-order valence-corrected chi connectivity index (χ1v) is 5.70. The van der Waals surface area contributed by atoms with Gasteiger partial charge in [0.1, 0.15) is 11.8 Å². The summed E-state index contributed by atoms with van der Waals surface area (Å²) >= 11 is 1.30. The van der Waals surface area contributed by atoms with Crippen molar-refractivity contribution in [1.82, 2.24) is 9.88 Å². The molecule has 0 radical (unpaired) electrons. The van der Waals surface area contributed by atoms with Crippen LogP contribution in [0, 0.1) is 0 Å². The van der Waals surface area contributed by atoms with E-state index < -0.39 is 12.5 Å². The minimum Gasteiger partial charge on any atom is -0.369 e. The fourth-order valence-corrected chi connectivity index (χ4v) is 2.02. The Kier molecular flexibility index (Phi) is 3.45. The van der Waals surface area contributed by atoms with Crippen molar-refractivity contribution in [3.63, 3.8) is 0 Å². The Morgan fingerprint density at radius 1 is 1.69 bits per heavy atom. The van der Waals surface area contributed by atoms with Gasteiger partial charge in [-0.15, -0.1) is 11.3 Å². The van der Waals surface area contributed by atoms with Gasteiger partial charge in [-0.25, -0.2) is 13.8 Å². The van der Waals surface area contributed by atoms with E-state index in [4.69, 9.17) is 4.74 Å². The number of thiazole rings is 1. The van der Waals surface area contributed by atoms with Gasteiger partial charge in [0.15, 0.2) is 0 Å². The molecule has 1 aliphatic rings. The molecule has 0 spiro atoms. The summed E-state index contributed by atoms with van der Waals surface area (Å²) in [6.07, 6.45) is -3.75. The van der Waals surface area contributed by atoms with Crippen molar-refractivity contribution in [1.29, 1.82) is 0 Å². The number of carbonyl (C=O) groups excluding carboxylic acids is 1. The molecule has 0 unspecified atom stereocenters. The first-order chi connectivity index (χ1) is 7.68. The maximum Gasteiger partial charge on any atom is 0.273 e. The number of morpholine rings is 1. The number of alkyl halides is 2. The van der Waals surface area contributed by atoms with Gasteiger partial charge in [0.05, 0.1) is 18.7 Å². The molecule has 1 fully saturated rings. The van der Waals surface area contributed by atoms with Crippen molar-refractivity contribution in [2.45, 2.75) is 12.5 Å². The van der Waals surface area contributed by atoms with Crippen LogP contribution in [0.2, 0.25) is 0 Å². The number of nitrogens with zero attached hydrogens (tertiary/aromatic N) is 2. The summed E-state index contributed by atoms with van der Waals surface area (Å²) in [6, 6.07) is 0. The molecular weight excluding hydrogens is 238 g/mol. The van der Waals surface area contributed by atoms with Gasteiger partial charge in [-0.05, 0) is 0 Å². The van der Waals surface area contributed by atoms with Crippen molar-refractivity contribution in [2.75, 3.05) is 19.7 Å². The standard InChI is InChI=1S/C9H10F2N2O2S/c10-8(11)7-3-13(1-2-15-7)9(14)6-4-16-5-12-6/h4-5,7-8H,1-3H2/t7-/m1/s1. The SMILES string of the molecule is O=C(c1cscn1)N1CCO[C@@H](C(F)F)C1. The highest BCUT2D eigenvalue weighted by Gasteiger charge is 2.31. The maximum atomic E-state index is 12.4. The lowest BCUT2D eigenvalue weighted by atomic mass is 10.2. The third-order valence-electron chi connectivity index (χ3n) is 2.31. The Bertz CT molecular complexity index is 358. The highest BCUT2D eigenvalue weighted by molar-refractivity contribution is 7.07. The third-order valence-corrected chi connectivity index (χ3v) is 2.90. The minimum absolute atomic E-state index is 0.0754. The van der Waals surface area contributed by atoms with Crippen LogP contribution in [0.4, 0.5) is 8.78 Å². The molecule has 0 N–H and O–H groups in total. The summed E-state index contributed by atoms with van der Waals surface area (Å²) in [5.41, 5.74) is 1.85. The van der Waals surface area contributed by atoms with Crippen LogP contribution in [0.5, 0.6) is 0 Å². The highest BCUT2D eigenvalue weighted by Crippen LogP contribution is 2.15. The van der Waals surface area contributed by atoms with Gasteiger partial charge in [0, 0.05) is 11.9 Å². The van der Waals surface area contributed by atoms with Crippen molar-refractivity contribution >= 4 is 17.2 Å². The fourth-order valence-electron chi connectivity index (χ4n) is 1.49. The Morgan fingerprint density at radius 2 is 2.50 bits per heavy atom. The van der Waals surface area contributed by atoms with Gasteiger partial charge in [0.2, 0.25) is 0 Å². The van der Waals surface area contributed by atoms with Crippen LogP contribution < -0.4 is 0 Å². The largest absolute Gasteiger partial charge is 0.369 e. The molecule has 1 atom stereocenters. The summed E-state index contributed by atoms with van der Waals surface area (Å²) in [5.74, 6) is -0.310. The lowest BCUT2D eigenvalue weighted by Crippen LogP contribution is -2.48. The monoisotopic (exact) mass is 248 g/mol. The molecule has 16 heavy (non-hydrogen) atoms. The van der Waals surface area contributed by atoms with E-state index in [1.54, 1.807) is 5.38 Å². The molecule has 0 bridgehead atoms.